The van der Waals surface area contributed by atoms with Crippen LogP contribution in [-0.2, 0) is 9.59 Å². The summed E-state index contributed by atoms with van der Waals surface area (Å²) in [5, 5.41) is 12.3. The fourth-order valence-corrected chi connectivity index (χ4v) is 4.40. The summed E-state index contributed by atoms with van der Waals surface area (Å²) in [6.45, 7) is 2.96. The lowest BCUT2D eigenvalue weighted by Gasteiger charge is -2.27. The summed E-state index contributed by atoms with van der Waals surface area (Å²) < 4.78 is 0. The summed E-state index contributed by atoms with van der Waals surface area (Å²) in [7, 11) is 0. The molecule has 0 radical (unpaired) electrons. The minimum atomic E-state index is -0.809. The number of carbonyl (C=O) groups excluding carboxylic acids is 1. The quantitative estimate of drug-likeness (QED) is 0.277. The number of nitrogens with one attached hydrogen (secondary N) is 1. The fourth-order valence-electron chi connectivity index (χ4n) is 4.40. The van der Waals surface area contributed by atoms with Gasteiger partial charge < -0.3 is 10.4 Å². The van der Waals surface area contributed by atoms with E-state index in [2.05, 4.69) is 12.2 Å². The number of aliphatic carboxylic acids is 1. The molecule has 0 unspecified atom stereocenters. The predicted octanol–water partition coefficient (Wildman–Crippen LogP) is 6.47. The predicted molar refractivity (Wildman–Crippen MR) is 116 cm³/mol. The van der Waals surface area contributed by atoms with Crippen molar-refractivity contribution < 1.29 is 14.7 Å². The van der Waals surface area contributed by atoms with Crippen molar-refractivity contribution in [1.29, 1.82) is 0 Å². The van der Waals surface area contributed by atoms with Crippen LogP contribution in [0.3, 0.4) is 0 Å². The number of unbranched alkanes of at least 4 members (excludes halogenated alkanes) is 13. The van der Waals surface area contributed by atoms with E-state index in [1.54, 1.807) is 0 Å². The minimum Gasteiger partial charge on any atom is -0.481 e. The molecule has 0 heterocycles. The molecule has 28 heavy (non-hydrogen) atoms. The molecule has 0 aliphatic heterocycles. The van der Waals surface area contributed by atoms with Crippen molar-refractivity contribution in [3.63, 3.8) is 0 Å². The van der Waals surface area contributed by atoms with Gasteiger partial charge in [0.25, 0.3) is 0 Å². The van der Waals surface area contributed by atoms with Crippen molar-refractivity contribution in [2.24, 2.45) is 11.8 Å². The Balaban J connectivity index is 1.88. The van der Waals surface area contributed by atoms with E-state index >= 15 is 0 Å². The van der Waals surface area contributed by atoms with Crippen LogP contribution in [0.2, 0.25) is 0 Å². The van der Waals surface area contributed by atoms with Crippen molar-refractivity contribution in [3.8, 4) is 0 Å². The second kappa shape index (κ2) is 16.9. The second-order valence-electron chi connectivity index (χ2n) is 8.72. The van der Waals surface area contributed by atoms with E-state index < -0.39 is 11.9 Å². The molecule has 1 amide bonds. The lowest BCUT2D eigenvalue weighted by molar-refractivity contribution is -0.148. The Morgan fingerprint density at radius 1 is 0.714 bits per heavy atom. The van der Waals surface area contributed by atoms with E-state index in [0.29, 0.717) is 13.0 Å². The molecule has 1 fully saturated rings. The van der Waals surface area contributed by atoms with E-state index in [9.17, 15) is 14.7 Å². The van der Waals surface area contributed by atoms with Crippen molar-refractivity contribution >= 4 is 11.9 Å². The first-order valence-electron chi connectivity index (χ1n) is 12.2. The Morgan fingerprint density at radius 2 is 1.14 bits per heavy atom. The molecule has 4 heteroatoms. The summed E-state index contributed by atoms with van der Waals surface area (Å²) >= 11 is 0. The van der Waals surface area contributed by atoms with Crippen LogP contribution < -0.4 is 5.32 Å². The average molecular weight is 396 g/mol. The maximum Gasteiger partial charge on any atom is 0.307 e. The zero-order chi connectivity index (χ0) is 20.5. The van der Waals surface area contributed by atoms with Gasteiger partial charge in [-0.15, -0.1) is 0 Å². The normalized spacial score (nSPS) is 19.5. The third kappa shape index (κ3) is 11.7. The molecule has 4 nitrogen and oxygen atoms in total. The highest BCUT2D eigenvalue weighted by atomic mass is 16.4. The number of carboxylic acid groups (broad SMARTS) is 1. The van der Waals surface area contributed by atoms with Crippen molar-refractivity contribution in [3.05, 3.63) is 0 Å². The number of carbonyl (C=O) groups is 2. The van der Waals surface area contributed by atoms with Crippen LogP contribution in [0, 0.1) is 11.8 Å². The van der Waals surface area contributed by atoms with E-state index in [-0.39, 0.29) is 11.8 Å². The Hall–Kier alpha value is -1.06. The summed E-state index contributed by atoms with van der Waals surface area (Å²) in [5.74, 6) is -1.65. The van der Waals surface area contributed by atoms with Gasteiger partial charge in [0.05, 0.1) is 11.8 Å². The van der Waals surface area contributed by atoms with Gasteiger partial charge in [-0.25, -0.2) is 0 Å². The molecular weight excluding hydrogens is 350 g/mol. The van der Waals surface area contributed by atoms with Crippen LogP contribution in [0.4, 0.5) is 0 Å². The van der Waals surface area contributed by atoms with Crippen LogP contribution in [0.5, 0.6) is 0 Å². The zero-order valence-electron chi connectivity index (χ0n) is 18.4. The zero-order valence-corrected chi connectivity index (χ0v) is 18.4. The van der Waals surface area contributed by atoms with Crippen LogP contribution in [0.25, 0.3) is 0 Å². The number of amides is 1. The lowest BCUT2D eigenvalue weighted by Crippen LogP contribution is -2.40. The van der Waals surface area contributed by atoms with E-state index in [4.69, 9.17) is 0 Å². The number of hydrogen-bond donors (Lipinski definition) is 2. The summed E-state index contributed by atoms with van der Waals surface area (Å²) in [6.07, 6.45) is 21.9. The molecule has 0 saturated heterocycles. The Kier molecular flexibility index (Phi) is 15.0. The standard InChI is InChI=1S/C24H45NO3/c1-2-3-4-5-6-7-8-9-10-11-12-13-14-17-20-25-23(26)21-18-15-16-19-22(21)24(27)28/h21-22H,2-20H2,1H3,(H,25,26)(H,27,28)/t21-,22-/m1/s1. The average Bonchev–Trinajstić information content (AvgIpc) is 2.70. The van der Waals surface area contributed by atoms with Gasteiger partial charge in [0.2, 0.25) is 5.91 Å². The van der Waals surface area contributed by atoms with Crippen LogP contribution in [0.1, 0.15) is 122 Å². The summed E-state index contributed by atoms with van der Waals surface area (Å²) in [5.41, 5.74) is 0. The van der Waals surface area contributed by atoms with Gasteiger partial charge >= 0.3 is 5.97 Å². The minimum absolute atomic E-state index is 0.0400. The SMILES string of the molecule is CCCCCCCCCCCCCCCCNC(=O)[C@@H]1CCCC[C@H]1C(=O)O. The highest BCUT2D eigenvalue weighted by molar-refractivity contribution is 5.84. The maximum absolute atomic E-state index is 12.3. The van der Waals surface area contributed by atoms with Gasteiger partial charge in [0, 0.05) is 6.54 Å². The van der Waals surface area contributed by atoms with Crippen LogP contribution >= 0.6 is 0 Å². The molecule has 1 rings (SSSR count). The number of rotatable bonds is 17. The molecule has 0 bridgehead atoms. The van der Waals surface area contributed by atoms with E-state index in [1.165, 1.54) is 77.0 Å². The van der Waals surface area contributed by atoms with E-state index in [1.807, 2.05) is 0 Å². The second-order valence-corrected chi connectivity index (χ2v) is 8.72. The third-order valence-corrected chi connectivity index (χ3v) is 6.25. The van der Waals surface area contributed by atoms with Crippen molar-refractivity contribution in [2.45, 2.75) is 122 Å². The van der Waals surface area contributed by atoms with Gasteiger partial charge in [0.1, 0.15) is 0 Å². The maximum atomic E-state index is 12.3. The Morgan fingerprint density at radius 3 is 1.61 bits per heavy atom. The first kappa shape index (κ1) is 25.0. The van der Waals surface area contributed by atoms with Gasteiger partial charge in [-0.2, -0.15) is 0 Å². The molecule has 164 valence electrons. The number of carboxylic acids is 1. The molecule has 0 aromatic heterocycles. The monoisotopic (exact) mass is 395 g/mol. The van der Waals surface area contributed by atoms with E-state index in [0.717, 1.165) is 32.1 Å². The van der Waals surface area contributed by atoms with Crippen molar-refractivity contribution in [2.75, 3.05) is 6.54 Å². The summed E-state index contributed by atoms with van der Waals surface area (Å²) in [6, 6.07) is 0. The first-order valence-corrected chi connectivity index (χ1v) is 12.2. The molecule has 1 aliphatic carbocycles. The molecule has 1 saturated carbocycles. The summed E-state index contributed by atoms with van der Waals surface area (Å²) in [4.78, 5) is 23.6. The number of hydrogen-bond acceptors (Lipinski definition) is 2. The molecule has 2 atom stereocenters. The highest BCUT2D eigenvalue weighted by Crippen LogP contribution is 2.30. The van der Waals surface area contributed by atoms with Crippen LogP contribution in [-0.4, -0.2) is 23.5 Å². The molecule has 0 spiro atoms. The molecular formula is C24H45NO3. The van der Waals surface area contributed by atoms with Gasteiger partial charge in [0.15, 0.2) is 0 Å². The molecule has 0 aromatic rings. The largest absolute Gasteiger partial charge is 0.481 e. The molecule has 2 N–H and O–H groups in total. The van der Waals surface area contributed by atoms with Crippen molar-refractivity contribution in [1.82, 2.24) is 5.32 Å². The van der Waals surface area contributed by atoms with Gasteiger partial charge in [-0.1, -0.05) is 103 Å². The lowest BCUT2D eigenvalue weighted by atomic mass is 9.78. The molecule has 0 aromatic carbocycles. The topological polar surface area (TPSA) is 66.4 Å². The fraction of sp³-hybridized carbons (Fsp3) is 0.917. The Bertz CT molecular complexity index is 411. The van der Waals surface area contributed by atoms with Gasteiger partial charge in [-0.3, -0.25) is 9.59 Å². The smallest absolute Gasteiger partial charge is 0.307 e. The third-order valence-electron chi connectivity index (χ3n) is 6.25. The van der Waals surface area contributed by atoms with Gasteiger partial charge in [-0.05, 0) is 19.3 Å². The molecule has 1 aliphatic rings. The highest BCUT2D eigenvalue weighted by Gasteiger charge is 2.35. The first-order chi connectivity index (χ1) is 13.7. The Labute approximate surface area is 173 Å². The van der Waals surface area contributed by atoms with Crippen LogP contribution in [0.15, 0.2) is 0 Å².